The van der Waals surface area contributed by atoms with Gasteiger partial charge in [-0.15, -0.1) is 11.3 Å². The van der Waals surface area contributed by atoms with Crippen molar-refractivity contribution in [1.82, 2.24) is 10.2 Å². The Balaban J connectivity index is 2.17. The highest BCUT2D eigenvalue weighted by Crippen LogP contribution is 2.19. The number of nitrogens with one attached hydrogen (secondary N) is 1. The number of hydrogen-bond acceptors (Lipinski definition) is 3. The summed E-state index contributed by atoms with van der Waals surface area (Å²) in [5.74, 6) is 0. The molecule has 0 aliphatic heterocycles. The molecule has 0 spiro atoms. The zero-order chi connectivity index (χ0) is 13.6. The summed E-state index contributed by atoms with van der Waals surface area (Å²) >= 11 is 1.67. The smallest absolute Gasteiger partial charge is 0.310 e. The van der Waals surface area contributed by atoms with Crippen molar-refractivity contribution in [1.29, 1.82) is 0 Å². The van der Waals surface area contributed by atoms with Gasteiger partial charge in [-0.2, -0.15) is 13.2 Å². The van der Waals surface area contributed by atoms with Crippen LogP contribution in [0.1, 0.15) is 18.2 Å². The number of hydrogen-bond donors (Lipinski definition) is 1. The van der Waals surface area contributed by atoms with Crippen molar-refractivity contribution in [3.8, 4) is 0 Å². The summed E-state index contributed by atoms with van der Waals surface area (Å²) in [6.45, 7) is 3.44. The van der Waals surface area contributed by atoms with Crippen LogP contribution in [-0.4, -0.2) is 37.3 Å². The molecule has 0 radical (unpaired) electrons. The van der Waals surface area contributed by atoms with Gasteiger partial charge in [-0.3, -0.25) is 0 Å². The molecule has 1 N–H and O–H groups in total. The average Bonchev–Trinajstić information content (AvgIpc) is 2.77. The first-order valence-electron chi connectivity index (χ1n) is 5.88. The first-order valence-corrected chi connectivity index (χ1v) is 6.76. The molecule has 2 nitrogen and oxygen atoms in total. The second kappa shape index (κ2) is 7.11. The van der Waals surface area contributed by atoms with Crippen LogP contribution in [0.5, 0.6) is 0 Å². The Hall–Kier alpha value is -0.590. The zero-order valence-corrected chi connectivity index (χ0v) is 11.4. The number of thiophene rings is 1. The third-order valence-corrected chi connectivity index (χ3v) is 3.70. The Morgan fingerprint density at radius 1 is 1.44 bits per heavy atom. The first kappa shape index (κ1) is 15.5. The summed E-state index contributed by atoms with van der Waals surface area (Å²) in [5, 5.41) is 5.26. The van der Waals surface area contributed by atoms with E-state index in [1.807, 2.05) is 24.4 Å². The van der Waals surface area contributed by atoms with Gasteiger partial charge in [-0.1, -0.05) is 6.07 Å². The van der Waals surface area contributed by atoms with E-state index in [0.29, 0.717) is 6.54 Å². The highest BCUT2D eigenvalue weighted by atomic mass is 32.1. The standard InChI is InChI=1S/C12H19F3N2S/c1-10(17(2)6-5-12(13,14)15)8-16-9-11-4-3-7-18-11/h3-4,7,10,16H,5-6,8-9H2,1-2H3. The molecule has 1 rings (SSSR count). The molecule has 0 bridgehead atoms. The van der Waals surface area contributed by atoms with Crippen molar-refractivity contribution in [2.45, 2.75) is 32.1 Å². The van der Waals surface area contributed by atoms with E-state index in [2.05, 4.69) is 5.32 Å². The van der Waals surface area contributed by atoms with Crippen LogP contribution in [-0.2, 0) is 6.54 Å². The molecule has 1 aromatic heterocycles. The van der Waals surface area contributed by atoms with Crippen molar-refractivity contribution in [3.63, 3.8) is 0 Å². The lowest BCUT2D eigenvalue weighted by Gasteiger charge is -2.25. The average molecular weight is 280 g/mol. The van der Waals surface area contributed by atoms with E-state index >= 15 is 0 Å². The lowest BCUT2D eigenvalue weighted by atomic mass is 10.2. The highest BCUT2D eigenvalue weighted by molar-refractivity contribution is 7.09. The van der Waals surface area contributed by atoms with E-state index in [-0.39, 0.29) is 12.6 Å². The van der Waals surface area contributed by atoms with E-state index in [4.69, 9.17) is 0 Å². The molecule has 1 unspecified atom stereocenters. The molecule has 1 heterocycles. The minimum absolute atomic E-state index is 0.0470. The Morgan fingerprint density at radius 3 is 2.72 bits per heavy atom. The van der Waals surface area contributed by atoms with Gasteiger partial charge in [0, 0.05) is 30.6 Å². The quantitative estimate of drug-likeness (QED) is 0.825. The fraction of sp³-hybridized carbons (Fsp3) is 0.667. The molecule has 0 aliphatic rings. The minimum Gasteiger partial charge on any atom is -0.310 e. The third-order valence-electron chi connectivity index (χ3n) is 2.82. The molecular weight excluding hydrogens is 261 g/mol. The van der Waals surface area contributed by atoms with Crippen molar-refractivity contribution >= 4 is 11.3 Å². The van der Waals surface area contributed by atoms with Gasteiger partial charge < -0.3 is 10.2 Å². The molecule has 18 heavy (non-hydrogen) atoms. The Morgan fingerprint density at radius 2 is 2.17 bits per heavy atom. The molecule has 6 heteroatoms. The maximum atomic E-state index is 12.1. The van der Waals surface area contributed by atoms with Gasteiger partial charge in [0.15, 0.2) is 0 Å². The van der Waals surface area contributed by atoms with Crippen molar-refractivity contribution in [2.24, 2.45) is 0 Å². The molecule has 1 atom stereocenters. The molecule has 104 valence electrons. The maximum Gasteiger partial charge on any atom is 0.390 e. The minimum atomic E-state index is -4.07. The van der Waals surface area contributed by atoms with E-state index in [9.17, 15) is 13.2 Å². The predicted molar refractivity (Wildman–Crippen MR) is 68.8 cm³/mol. The highest BCUT2D eigenvalue weighted by Gasteiger charge is 2.27. The SMILES string of the molecule is CC(CNCc1cccs1)N(C)CCC(F)(F)F. The Labute approximate surface area is 110 Å². The van der Waals surface area contributed by atoms with Crippen LogP contribution in [0.2, 0.25) is 0 Å². The fourth-order valence-corrected chi connectivity index (χ4v) is 2.17. The number of rotatable bonds is 7. The maximum absolute atomic E-state index is 12.1. The summed E-state index contributed by atoms with van der Waals surface area (Å²) < 4.78 is 36.2. The number of likely N-dealkylation sites (N-methyl/N-ethyl adjacent to an activating group) is 1. The normalized spacial score (nSPS) is 14.1. The van der Waals surface area contributed by atoms with Gasteiger partial charge in [0.2, 0.25) is 0 Å². The van der Waals surface area contributed by atoms with Crippen LogP contribution in [0.15, 0.2) is 17.5 Å². The van der Waals surface area contributed by atoms with E-state index in [0.717, 1.165) is 6.54 Å². The summed E-state index contributed by atoms with van der Waals surface area (Å²) in [6.07, 6.45) is -4.82. The van der Waals surface area contributed by atoms with Gasteiger partial charge in [0.05, 0.1) is 6.42 Å². The molecule has 1 aromatic rings. The van der Waals surface area contributed by atoms with Crippen molar-refractivity contribution in [2.75, 3.05) is 20.1 Å². The summed E-state index contributed by atoms with van der Waals surface area (Å²) in [5.41, 5.74) is 0. The Kier molecular flexibility index (Phi) is 6.11. The monoisotopic (exact) mass is 280 g/mol. The van der Waals surface area contributed by atoms with Gasteiger partial charge in [0.1, 0.15) is 0 Å². The van der Waals surface area contributed by atoms with Crippen LogP contribution < -0.4 is 5.32 Å². The fourth-order valence-electron chi connectivity index (χ4n) is 1.50. The second-order valence-corrected chi connectivity index (χ2v) is 5.44. The van der Waals surface area contributed by atoms with Crippen LogP contribution in [0.3, 0.4) is 0 Å². The van der Waals surface area contributed by atoms with Gasteiger partial charge >= 0.3 is 6.18 Å². The lowest BCUT2D eigenvalue weighted by Crippen LogP contribution is -2.39. The first-order chi connectivity index (χ1) is 8.38. The molecule has 0 saturated heterocycles. The molecule has 0 aromatic carbocycles. The van der Waals surface area contributed by atoms with Crippen molar-refractivity contribution < 1.29 is 13.2 Å². The molecular formula is C12H19F3N2S. The van der Waals surface area contributed by atoms with Crippen LogP contribution >= 0.6 is 11.3 Å². The largest absolute Gasteiger partial charge is 0.390 e. The predicted octanol–water partition coefficient (Wildman–Crippen LogP) is 3.11. The van der Waals surface area contributed by atoms with Gasteiger partial charge in [-0.25, -0.2) is 0 Å². The summed E-state index contributed by atoms with van der Waals surface area (Å²) in [7, 11) is 1.73. The third kappa shape index (κ3) is 6.37. The van der Waals surface area contributed by atoms with Gasteiger partial charge in [0.25, 0.3) is 0 Å². The number of halogens is 3. The van der Waals surface area contributed by atoms with Crippen molar-refractivity contribution in [3.05, 3.63) is 22.4 Å². The molecule has 0 amide bonds. The van der Waals surface area contributed by atoms with Crippen LogP contribution in [0.25, 0.3) is 0 Å². The molecule has 0 saturated carbocycles. The second-order valence-electron chi connectivity index (χ2n) is 4.41. The van der Waals surface area contributed by atoms with Gasteiger partial charge in [-0.05, 0) is 25.4 Å². The lowest BCUT2D eigenvalue weighted by molar-refractivity contribution is -0.138. The zero-order valence-electron chi connectivity index (χ0n) is 10.6. The molecule has 0 fully saturated rings. The van der Waals surface area contributed by atoms with E-state index in [1.165, 1.54) is 4.88 Å². The number of alkyl halides is 3. The topological polar surface area (TPSA) is 15.3 Å². The van der Waals surface area contributed by atoms with Crippen LogP contribution in [0, 0.1) is 0 Å². The van der Waals surface area contributed by atoms with E-state index < -0.39 is 12.6 Å². The number of nitrogens with zero attached hydrogens (tertiary/aromatic N) is 1. The summed E-state index contributed by atoms with van der Waals surface area (Å²) in [6, 6.07) is 4.11. The van der Waals surface area contributed by atoms with Crippen LogP contribution in [0.4, 0.5) is 13.2 Å². The summed E-state index contributed by atoms with van der Waals surface area (Å²) in [4.78, 5) is 2.97. The van der Waals surface area contributed by atoms with E-state index in [1.54, 1.807) is 23.3 Å². The Bertz CT molecular complexity index is 325. The molecule has 0 aliphatic carbocycles.